The summed E-state index contributed by atoms with van der Waals surface area (Å²) in [5, 5.41) is 11.8. The molecule has 1 aromatic rings. The maximum atomic E-state index is 10.7. The van der Waals surface area contributed by atoms with Gasteiger partial charge in [0, 0.05) is 12.7 Å². The number of pyridine rings is 1. The van der Waals surface area contributed by atoms with Gasteiger partial charge in [-0.05, 0) is 25.0 Å². The summed E-state index contributed by atoms with van der Waals surface area (Å²) in [5.41, 5.74) is 1.09. The highest BCUT2D eigenvalue weighted by atomic mass is 16.4. The largest absolute Gasteiger partial charge is 0.481 e. The summed E-state index contributed by atoms with van der Waals surface area (Å²) in [6.45, 7) is 4.24. The smallest absolute Gasteiger partial charge is 0.308 e. The number of anilines is 1. The van der Waals surface area contributed by atoms with Gasteiger partial charge >= 0.3 is 5.97 Å². The van der Waals surface area contributed by atoms with Crippen molar-refractivity contribution >= 4 is 11.8 Å². The fourth-order valence-corrected chi connectivity index (χ4v) is 1.21. The Morgan fingerprint density at radius 2 is 2.33 bits per heavy atom. The zero-order valence-electron chi connectivity index (χ0n) is 9.03. The van der Waals surface area contributed by atoms with E-state index in [4.69, 9.17) is 5.11 Å². The monoisotopic (exact) mass is 208 g/mol. The Balaban J connectivity index is 2.49. The minimum absolute atomic E-state index is 0.354. The zero-order chi connectivity index (χ0) is 11.3. The van der Waals surface area contributed by atoms with E-state index in [0.29, 0.717) is 13.0 Å². The van der Waals surface area contributed by atoms with E-state index in [9.17, 15) is 4.79 Å². The van der Waals surface area contributed by atoms with E-state index >= 15 is 0 Å². The van der Waals surface area contributed by atoms with Crippen LogP contribution in [-0.4, -0.2) is 22.6 Å². The zero-order valence-corrected chi connectivity index (χ0v) is 9.03. The number of aromatic nitrogens is 1. The van der Waals surface area contributed by atoms with E-state index in [0.717, 1.165) is 11.4 Å². The van der Waals surface area contributed by atoms with Crippen molar-refractivity contribution in [3.8, 4) is 0 Å². The van der Waals surface area contributed by atoms with Gasteiger partial charge in [0.25, 0.3) is 0 Å². The van der Waals surface area contributed by atoms with Crippen LogP contribution in [0.5, 0.6) is 0 Å². The van der Waals surface area contributed by atoms with E-state index in [-0.39, 0.29) is 5.92 Å². The lowest BCUT2D eigenvalue weighted by molar-refractivity contribution is -0.141. The molecule has 1 aromatic heterocycles. The number of aryl methyl sites for hydroxylation is 1. The third-order valence-electron chi connectivity index (χ3n) is 2.28. The molecule has 0 aromatic carbocycles. The van der Waals surface area contributed by atoms with Crippen LogP contribution in [-0.2, 0) is 4.79 Å². The van der Waals surface area contributed by atoms with Gasteiger partial charge in [0.05, 0.1) is 5.92 Å². The highest BCUT2D eigenvalue weighted by molar-refractivity contribution is 5.70. The molecule has 1 heterocycles. The van der Waals surface area contributed by atoms with E-state index < -0.39 is 5.97 Å². The number of hydrogen-bond acceptors (Lipinski definition) is 3. The Hall–Kier alpha value is -1.58. The average molecular weight is 208 g/mol. The molecule has 1 unspecified atom stereocenters. The molecule has 4 nitrogen and oxygen atoms in total. The Morgan fingerprint density at radius 3 is 2.80 bits per heavy atom. The molecule has 15 heavy (non-hydrogen) atoms. The van der Waals surface area contributed by atoms with Gasteiger partial charge in [-0.3, -0.25) is 4.79 Å². The van der Waals surface area contributed by atoms with Crippen LogP contribution >= 0.6 is 0 Å². The molecule has 82 valence electrons. The summed E-state index contributed by atoms with van der Waals surface area (Å²) in [7, 11) is 0. The lowest BCUT2D eigenvalue weighted by Crippen LogP contribution is -2.22. The molecule has 1 atom stereocenters. The molecular weight excluding hydrogens is 192 g/mol. The number of carboxylic acid groups (broad SMARTS) is 1. The minimum atomic E-state index is -0.767. The number of hydrogen-bond donors (Lipinski definition) is 2. The molecule has 0 aliphatic carbocycles. The van der Waals surface area contributed by atoms with E-state index in [1.807, 2.05) is 26.0 Å². The first kappa shape index (κ1) is 11.5. The molecule has 0 bridgehead atoms. The molecule has 0 aliphatic rings. The predicted molar refractivity (Wildman–Crippen MR) is 58.9 cm³/mol. The van der Waals surface area contributed by atoms with Crippen LogP contribution in [0.2, 0.25) is 0 Å². The summed E-state index contributed by atoms with van der Waals surface area (Å²) in [6, 6.07) is 3.79. The number of carboxylic acids is 1. The molecule has 4 heteroatoms. The second-order valence-electron chi connectivity index (χ2n) is 3.55. The number of nitrogens with zero attached hydrogens (tertiary/aromatic N) is 1. The molecule has 0 spiro atoms. The van der Waals surface area contributed by atoms with Gasteiger partial charge in [-0.1, -0.05) is 13.0 Å². The molecule has 1 rings (SSSR count). The lowest BCUT2D eigenvalue weighted by atomic mass is 10.1. The third kappa shape index (κ3) is 3.58. The first-order chi connectivity index (χ1) is 7.13. The molecule has 2 N–H and O–H groups in total. The first-order valence-electron chi connectivity index (χ1n) is 5.02. The maximum absolute atomic E-state index is 10.7. The van der Waals surface area contributed by atoms with Crippen LogP contribution in [0.15, 0.2) is 18.3 Å². The Labute approximate surface area is 89.3 Å². The average Bonchev–Trinajstić information content (AvgIpc) is 2.21. The van der Waals surface area contributed by atoms with E-state index in [1.165, 1.54) is 0 Å². The van der Waals surface area contributed by atoms with Crippen LogP contribution < -0.4 is 5.32 Å². The van der Waals surface area contributed by atoms with Gasteiger partial charge in [0.15, 0.2) is 0 Å². The van der Waals surface area contributed by atoms with Crippen molar-refractivity contribution in [3.05, 3.63) is 23.9 Å². The number of nitrogens with one attached hydrogen (secondary N) is 1. The van der Waals surface area contributed by atoms with E-state index in [2.05, 4.69) is 10.3 Å². The molecule has 0 amide bonds. The lowest BCUT2D eigenvalue weighted by Gasteiger charge is -2.11. The van der Waals surface area contributed by atoms with Crippen molar-refractivity contribution in [2.75, 3.05) is 11.9 Å². The van der Waals surface area contributed by atoms with Crippen LogP contribution in [0.1, 0.15) is 18.9 Å². The predicted octanol–water partition coefficient (Wildman–Crippen LogP) is 1.91. The van der Waals surface area contributed by atoms with Gasteiger partial charge in [-0.2, -0.15) is 0 Å². The quantitative estimate of drug-likeness (QED) is 0.776. The topological polar surface area (TPSA) is 62.2 Å². The summed E-state index contributed by atoms with van der Waals surface area (Å²) in [5.74, 6) is -0.398. The highest BCUT2D eigenvalue weighted by Crippen LogP contribution is 2.07. The van der Waals surface area contributed by atoms with Gasteiger partial charge in [0.1, 0.15) is 5.82 Å². The maximum Gasteiger partial charge on any atom is 0.308 e. The van der Waals surface area contributed by atoms with Crippen LogP contribution in [0.3, 0.4) is 0 Å². The Morgan fingerprint density at radius 1 is 1.60 bits per heavy atom. The van der Waals surface area contributed by atoms with E-state index in [1.54, 1.807) is 6.20 Å². The van der Waals surface area contributed by atoms with Crippen molar-refractivity contribution in [3.63, 3.8) is 0 Å². The number of rotatable bonds is 5. The summed E-state index contributed by atoms with van der Waals surface area (Å²) >= 11 is 0. The fourth-order valence-electron chi connectivity index (χ4n) is 1.21. The van der Waals surface area contributed by atoms with Crippen molar-refractivity contribution in [1.82, 2.24) is 4.98 Å². The fraction of sp³-hybridized carbons (Fsp3) is 0.455. The first-order valence-corrected chi connectivity index (χ1v) is 5.02. The normalized spacial score (nSPS) is 12.1. The second-order valence-corrected chi connectivity index (χ2v) is 3.55. The Kier molecular flexibility index (Phi) is 4.09. The van der Waals surface area contributed by atoms with Crippen molar-refractivity contribution in [2.24, 2.45) is 5.92 Å². The SMILES string of the molecule is CCC(CNc1ccc(C)cn1)C(=O)O. The van der Waals surface area contributed by atoms with Crippen LogP contribution in [0, 0.1) is 12.8 Å². The Bertz CT molecular complexity index is 322. The molecule has 0 saturated heterocycles. The number of carbonyl (C=O) groups is 1. The van der Waals surface area contributed by atoms with Gasteiger partial charge < -0.3 is 10.4 Å². The minimum Gasteiger partial charge on any atom is -0.481 e. The second kappa shape index (κ2) is 5.34. The molecule has 0 radical (unpaired) electrons. The van der Waals surface area contributed by atoms with Crippen molar-refractivity contribution in [2.45, 2.75) is 20.3 Å². The standard InChI is InChI=1S/C11H16N2O2/c1-3-9(11(14)15)7-13-10-5-4-8(2)6-12-10/h4-6,9H,3,7H2,1-2H3,(H,12,13)(H,14,15). The molecular formula is C11H16N2O2. The molecule has 0 fully saturated rings. The summed E-state index contributed by atoms with van der Waals surface area (Å²) in [6.07, 6.45) is 2.37. The van der Waals surface area contributed by atoms with Crippen molar-refractivity contribution < 1.29 is 9.90 Å². The number of aliphatic carboxylic acids is 1. The third-order valence-corrected chi connectivity index (χ3v) is 2.28. The van der Waals surface area contributed by atoms with Gasteiger partial charge in [-0.15, -0.1) is 0 Å². The van der Waals surface area contributed by atoms with Crippen LogP contribution in [0.4, 0.5) is 5.82 Å². The van der Waals surface area contributed by atoms with Gasteiger partial charge in [-0.25, -0.2) is 4.98 Å². The highest BCUT2D eigenvalue weighted by Gasteiger charge is 2.14. The van der Waals surface area contributed by atoms with Gasteiger partial charge in [0.2, 0.25) is 0 Å². The molecule has 0 aliphatic heterocycles. The summed E-state index contributed by atoms with van der Waals surface area (Å²) in [4.78, 5) is 14.9. The van der Waals surface area contributed by atoms with Crippen molar-refractivity contribution in [1.29, 1.82) is 0 Å². The molecule has 0 saturated carbocycles. The van der Waals surface area contributed by atoms with Crippen LogP contribution in [0.25, 0.3) is 0 Å². The summed E-state index contributed by atoms with van der Waals surface area (Å²) < 4.78 is 0.